The second-order valence-corrected chi connectivity index (χ2v) is 4.68. The van der Waals surface area contributed by atoms with E-state index in [0.29, 0.717) is 6.54 Å². The number of hydrogen-bond acceptors (Lipinski definition) is 2. The zero-order valence-electron chi connectivity index (χ0n) is 11.3. The van der Waals surface area contributed by atoms with Gasteiger partial charge in [0, 0.05) is 25.0 Å². The molecule has 0 aromatic heterocycles. The van der Waals surface area contributed by atoms with Gasteiger partial charge in [0.2, 0.25) is 0 Å². The third kappa shape index (κ3) is 2.39. The molecule has 0 saturated heterocycles. The van der Waals surface area contributed by atoms with Gasteiger partial charge in [-0.25, -0.2) is 0 Å². The van der Waals surface area contributed by atoms with Crippen LogP contribution in [-0.2, 0) is 6.54 Å². The summed E-state index contributed by atoms with van der Waals surface area (Å²) in [6, 6.07) is 14.8. The molecule has 18 heavy (non-hydrogen) atoms. The average molecular weight is 240 g/mol. The monoisotopic (exact) mass is 240 g/mol. The van der Waals surface area contributed by atoms with E-state index in [1.54, 1.807) is 0 Å². The largest absolute Gasteiger partial charge is 0.344 e. The first kappa shape index (κ1) is 12.7. The molecule has 2 rings (SSSR count). The van der Waals surface area contributed by atoms with Gasteiger partial charge in [0.05, 0.1) is 0 Å². The molecule has 0 atom stereocenters. The van der Waals surface area contributed by atoms with Gasteiger partial charge in [-0.05, 0) is 37.1 Å². The maximum atomic E-state index is 5.85. The van der Waals surface area contributed by atoms with Gasteiger partial charge in [-0.15, -0.1) is 0 Å². The van der Waals surface area contributed by atoms with Crippen molar-refractivity contribution in [3.05, 3.63) is 59.2 Å². The van der Waals surface area contributed by atoms with Crippen molar-refractivity contribution in [1.82, 2.24) is 0 Å². The first-order valence-corrected chi connectivity index (χ1v) is 6.22. The van der Waals surface area contributed by atoms with Crippen molar-refractivity contribution in [3.8, 4) is 0 Å². The summed E-state index contributed by atoms with van der Waals surface area (Å²) in [6.07, 6.45) is 0. The SMILES string of the molecule is Cc1ccc(N(C)c2ccccc2C)c(CN)c1. The third-order valence-electron chi connectivity index (χ3n) is 3.29. The highest BCUT2D eigenvalue weighted by molar-refractivity contribution is 5.68. The minimum Gasteiger partial charge on any atom is -0.344 e. The van der Waals surface area contributed by atoms with E-state index in [0.717, 1.165) is 0 Å². The highest BCUT2D eigenvalue weighted by atomic mass is 15.1. The summed E-state index contributed by atoms with van der Waals surface area (Å²) >= 11 is 0. The molecular formula is C16H20N2. The third-order valence-corrected chi connectivity index (χ3v) is 3.29. The minimum absolute atomic E-state index is 0.563. The average Bonchev–Trinajstić information content (AvgIpc) is 2.38. The predicted molar refractivity (Wildman–Crippen MR) is 78.3 cm³/mol. The quantitative estimate of drug-likeness (QED) is 0.889. The van der Waals surface area contributed by atoms with E-state index >= 15 is 0 Å². The highest BCUT2D eigenvalue weighted by Gasteiger charge is 2.10. The standard InChI is InChI=1S/C16H20N2/c1-12-8-9-16(14(10-12)11-17)18(3)15-7-5-4-6-13(15)2/h4-10H,11,17H2,1-3H3. The molecule has 2 nitrogen and oxygen atoms in total. The number of nitrogens with two attached hydrogens (primary N) is 1. The van der Waals surface area contributed by atoms with Crippen LogP contribution in [0.25, 0.3) is 0 Å². The van der Waals surface area contributed by atoms with Crippen LogP contribution in [0.15, 0.2) is 42.5 Å². The Hall–Kier alpha value is -1.80. The summed E-state index contributed by atoms with van der Waals surface area (Å²) in [5.74, 6) is 0. The molecule has 0 amide bonds. The second kappa shape index (κ2) is 5.23. The Morgan fingerprint density at radius 3 is 2.39 bits per heavy atom. The zero-order valence-corrected chi connectivity index (χ0v) is 11.3. The van der Waals surface area contributed by atoms with Crippen molar-refractivity contribution in [2.75, 3.05) is 11.9 Å². The van der Waals surface area contributed by atoms with E-state index < -0.39 is 0 Å². The number of aryl methyl sites for hydroxylation is 2. The van der Waals surface area contributed by atoms with E-state index in [1.165, 1.54) is 28.1 Å². The fourth-order valence-electron chi connectivity index (χ4n) is 2.27. The minimum atomic E-state index is 0.563. The fourth-order valence-corrected chi connectivity index (χ4v) is 2.27. The zero-order chi connectivity index (χ0) is 13.1. The Bertz CT molecular complexity index is 547. The van der Waals surface area contributed by atoms with Gasteiger partial charge in [0.25, 0.3) is 0 Å². The number of para-hydroxylation sites is 1. The number of benzene rings is 2. The van der Waals surface area contributed by atoms with Crippen LogP contribution >= 0.6 is 0 Å². The lowest BCUT2D eigenvalue weighted by atomic mass is 10.1. The molecule has 0 bridgehead atoms. The van der Waals surface area contributed by atoms with Crippen LogP contribution in [0.3, 0.4) is 0 Å². The maximum absolute atomic E-state index is 5.85. The van der Waals surface area contributed by atoms with Crippen molar-refractivity contribution in [2.24, 2.45) is 5.73 Å². The molecule has 0 spiro atoms. The topological polar surface area (TPSA) is 29.3 Å². The van der Waals surface area contributed by atoms with E-state index in [-0.39, 0.29) is 0 Å². The Morgan fingerprint density at radius 2 is 1.72 bits per heavy atom. The van der Waals surface area contributed by atoms with Crippen molar-refractivity contribution < 1.29 is 0 Å². The molecule has 0 aliphatic carbocycles. The van der Waals surface area contributed by atoms with E-state index in [1.807, 2.05) is 0 Å². The van der Waals surface area contributed by atoms with Crippen molar-refractivity contribution in [1.29, 1.82) is 0 Å². The van der Waals surface area contributed by atoms with Crippen LogP contribution in [0.4, 0.5) is 11.4 Å². The first-order valence-electron chi connectivity index (χ1n) is 6.22. The lowest BCUT2D eigenvalue weighted by molar-refractivity contribution is 1.04. The molecular weight excluding hydrogens is 220 g/mol. The molecule has 0 aliphatic heterocycles. The maximum Gasteiger partial charge on any atom is 0.0453 e. The van der Waals surface area contributed by atoms with Gasteiger partial charge in [-0.1, -0.05) is 35.9 Å². The molecule has 0 fully saturated rings. The smallest absolute Gasteiger partial charge is 0.0453 e. The molecule has 2 aromatic carbocycles. The Balaban J connectivity index is 2.46. The molecule has 94 valence electrons. The summed E-state index contributed by atoms with van der Waals surface area (Å²) in [6.45, 7) is 4.78. The van der Waals surface area contributed by atoms with Crippen LogP contribution in [-0.4, -0.2) is 7.05 Å². The van der Waals surface area contributed by atoms with Gasteiger partial charge in [0.15, 0.2) is 0 Å². The molecule has 0 unspecified atom stereocenters. The van der Waals surface area contributed by atoms with Gasteiger partial charge < -0.3 is 10.6 Å². The van der Waals surface area contributed by atoms with Gasteiger partial charge in [0.1, 0.15) is 0 Å². The van der Waals surface area contributed by atoms with Gasteiger partial charge in [-0.3, -0.25) is 0 Å². The lowest BCUT2D eigenvalue weighted by Crippen LogP contribution is -2.14. The van der Waals surface area contributed by atoms with Crippen LogP contribution in [0, 0.1) is 13.8 Å². The molecule has 2 aromatic rings. The lowest BCUT2D eigenvalue weighted by Gasteiger charge is -2.24. The van der Waals surface area contributed by atoms with E-state index in [2.05, 4.69) is 68.3 Å². The van der Waals surface area contributed by atoms with Crippen LogP contribution in [0.5, 0.6) is 0 Å². The van der Waals surface area contributed by atoms with E-state index in [9.17, 15) is 0 Å². The summed E-state index contributed by atoms with van der Waals surface area (Å²) in [7, 11) is 2.09. The van der Waals surface area contributed by atoms with E-state index in [4.69, 9.17) is 5.73 Å². The predicted octanol–water partition coefficient (Wildman–Crippen LogP) is 3.53. The molecule has 0 heterocycles. The van der Waals surface area contributed by atoms with Crippen molar-refractivity contribution >= 4 is 11.4 Å². The molecule has 2 N–H and O–H groups in total. The van der Waals surface area contributed by atoms with Gasteiger partial charge >= 0.3 is 0 Å². The summed E-state index contributed by atoms with van der Waals surface area (Å²) < 4.78 is 0. The number of anilines is 2. The van der Waals surface area contributed by atoms with Gasteiger partial charge in [-0.2, -0.15) is 0 Å². The number of rotatable bonds is 3. The number of hydrogen-bond donors (Lipinski definition) is 1. The van der Waals surface area contributed by atoms with Crippen LogP contribution < -0.4 is 10.6 Å². The summed E-state index contributed by atoms with van der Waals surface area (Å²) in [5.41, 5.74) is 11.9. The Morgan fingerprint density at radius 1 is 1.00 bits per heavy atom. The second-order valence-electron chi connectivity index (χ2n) is 4.68. The molecule has 0 radical (unpaired) electrons. The summed E-state index contributed by atoms with van der Waals surface area (Å²) in [5, 5.41) is 0. The first-order chi connectivity index (χ1) is 8.63. The Kier molecular flexibility index (Phi) is 3.68. The van der Waals surface area contributed by atoms with Crippen LogP contribution in [0.1, 0.15) is 16.7 Å². The summed E-state index contributed by atoms with van der Waals surface area (Å²) in [4.78, 5) is 2.21. The molecule has 2 heteroatoms. The van der Waals surface area contributed by atoms with Crippen molar-refractivity contribution in [3.63, 3.8) is 0 Å². The van der Waals surface area contributed by atoms with Crippen LogP contribution in [0.2, 0.25) is 0 Å². The molecule has 0 saturated carbocycles. The van der Waals surface area contributed by atoms with Crippen molar-refractivity contribution in [2.45, 2.75) is 20.4 Å². The Labute approximate surface area is 109 Å². The number of nitrogens with zero attached hydrogens (tertiary/aromatic N) is 1. The highest BCUT2D eigenvalue weighted by Crippen LogP contribution is 2.29. The fraction of sp³-hybridized carbons (Fsp3) is 0.250. The molecule has 0 aliphatic rings. The normalized spacial score (nSPS) is 10.4.